The van der Waals surface area contributed by atoms with Crippen LogP contribution in [0.2, 0.25) is 0 Å². The fraction of sp³-hybridized carbons (Fsp3) is 0.467. The van der Waals surface area contributed by atoms with Crippen molar-refractivity contribution in [2.45, 2.75) is 32.7 Å². The monoisotopic (exact) mass is 291 g/mol. The SMILES string of the molecule is COCCCC(N)c1nc(-c2cc(C)c(O)c(C)c2)no1. The third-order valence-corrected chi connectivity index (χ3v) is 3.37. The van der Waals surface area contributed by atoms with Crippen molar-refractivity contribution < 1.29 is 14.4 Å². The van der Waals surface area contributed by atoms with Crippen LogP contribution in [0.3, 0.4) is 0 Å². The van der Waals surface area contributed by atoms with Gasteiger partial charge < -0.3 is 20.1 Å². The first-order chi connectivity index (χ1) is 10.0. The second-order valence-corrected chi connectivity index (χ2v) is 5.16. The van der Waals surface area contributed by atoms with Gasteiger partial charge >= 0.3 is 0 Å². The van der Waals surface area contributed by atoms with Gasteiger partial charge in [0.05, 0.1) is 6.04 Å². The summed E-state index contributed by atoms with van der Waals surface area (Å²) >= 11 is 0. The third kappa shape index (κ3) is 3.59. The minimum absolute atomic E-state index is 0.290. The number of hydrogen-bond donors (Lipinski definition) is 2. The van der Waals surface area contributed by atoms with Crippen LogP contribution in [-0.4, -0.2) is 29.0 Å². The normalized spacial score (nSPS) is 12.6. The summed E-state index contributed by atoms with van der Waals surface area (Å²) in [6, 6.07) is 3.36. The summed E-state index contributed by atoms with van der Waals surface area (Å²) in [6.45, 7) is 4.33. The fourth-order valence-corrected chi connectivity index (χ4v) is 2.16. The number of aromatic hydroxyl groups is 1. The van der Waals surface area contributed by atoms with Gasteiger partial charge in [0.2, 0.25) is 11.7 Å². The maximum Gasteiger partial charge on any atom is 0.243 e. The van der Waals surface area contributed by atoms with Gasteiger partial charge in [0.1, 0.15) is 5.75 Å². The lowest BCUT2D eigenvalue weighted by Gasteiger charge is -2.05. The van der Waals surface area contributed by atoms with Crippen molar-refractivity contribution in [2.75, 3.05) is 13.7 Å². The van der Waals surface area contributed by atoms with E-state index in [0.717, 1.165) is 29.5 Å². The number of aromatic nitrogens is 2. The van der Waals surface area contributed by atoms with Gasteiger partial charge in [-0.2, -0.15) is 4.98 Å². The fourth-order valence-electron chi connectivity index (χ4n) is 2.16. The third-order valence-electron chi connectivity index (χ3n) is 3.37. The largest absolute Gasteiger partial charge is 0.507 e. The summed E-state index contributed by atoms with van der Waals surface area (Å²) < 4.78 is 10.2. The van der Waals surface area contributed by atoms with Crippen molar-refractivity contribution in [2.24, 2.45) is 5.73 Å². The molecule has 0 saturated carbocycles. The second kappa shape index (κ2) is 6.69. The summed E-state index contributed by atoms with van der Waals surface area (Å²) in [5.74, 6) is 1.20. The van der Waals surface area contributed by atoms with Crippen molar-refractivity contribution in [1.82, 2.24) is 10.1 Å². The summed E-state index contributed by atoms with van der Waals surface area (Å²) in [4.78, 5) is 4.35. The number of hydrogen-bond acceptors (Lipinski definition) is 6. The van der Waals surface area contributed by atoms with E-state index in [1.807, 2.05) is 26.0 Å². The van der Waals surface area contributed by atoms with E-state index in [1.165, 1.54) is 0 Å². The number of benzene rings is 1. The Morgan fingerprint density at radius 3 is 2.62 bits per heavy atom. The van der Waals surface area contributed by atoms with Crippen molar-refractivity contribution in [1.29, 1.82) is 0 Å². The Balaban J connectivity index is 2.16. The Morgan fingerprint density at radius 2 is 2.00 bits per heavy atom. The van der Waals surface area contributed by atoms with Crippen molar-refractivity contribution in [3.63, 3.8) is 0 Å². The molecular formula is C15H21N3O3. The first-order valence-electron chi connectivity index (χ1n) is 6.91. The van der Waals surface area contributed by atoms with E-state index in [4.69, 9.17) is 15.0 Å². The highest BCUT2D eigenvalue weighted by atomic mass is 16.5. The van der Waals surface area contributed by atoms with Gasteiger partial charge in [-0.05, 0) is 49.9 Å². The molecule has 0 amide bonds. The zero-order chi connectivity index (χ0) is 15.4. The number of phenols is 1. The lowest BCUT2D eigenvalue weighted by molar-refractivity contribution is 0.188. The summed E-state index contributed by atoms with van der Waals surface area (Å²) in [5.41, 5.74) is 8.38. The molecule has 0 spiro atoms. The lowest BCUT2D eigenvalue weighted by Crippen LogP contribution is -2.11. The Morgan fingerprint density at radius 1 is 1.33 bits per heavy atom. The zero-order valence-electron chi connectivity index (χ0n) is 12.6. The minimum atomic E-state index is -0.291. The molecule has 1 aromatic carbocycles. The van der Waals surface area contributed by atoms with E-state index in [9.17, 15) is 5.11 Å². The standard InChI is InChI=1S/C15H21N3O3/c1-9-7-11(8-10(2)13(9)19)14-17-15(21-18-14)12(16)5-4-6-20-3/h7-8,12,19H,4-6,16H2,1-3H3. The van der Waals surface area contributed by atoms with Gasteiger partial charge in [0.15, 0.2) is 0 Å². The first kappa shape index (κ1) is 15.5. The molecule has 21 heavy (non-hydrogen) atoms. The number of aryl methyl sites for hydroxylation is 2. The van der Waals surface area contributed by atoms with Gasteiger partial charge in [0.25, 0.3) is 0 Å². The van der Waals surface area contributed by atoms with Crippen LogP contribution in [0.15, 0.2) is 16.7 Å². The van der Waals surface area contributed by atoms with Crippen LogP contribution < -0.4 is 5.73 Å². The smallest absolute Gasteiger partial charge is 0.243 e. The number of methoxy groups -OCH3 is 1. The van der Waals surface area contributed by atoms with Crippen molar-refractivity contribution in [3.05, 3.63) is 29.2 Å². The van der Waals surface area contributed by atoms with Gasteiger partial charge in [-0.3, -0.25) is 0 Å². The Bertz CT molecular complexity index is 587. The summed E-state index contributed by atoms with van der Waals surface area (Å²) in [5, 5.41) is 13.8. The van der Waals surface area contributed by atoms with Gasteiger partial charge in [-0.1, -0.05) is 5.16 Å². The molecule has 3 N–H and O–H groups in total. The van der Waals surface area contributed by atoms with Crippen LogP contribution in [-0.2, 0) is 4.74 Å². The molecule has 0 aliphatic carbocycles. The van der Waals surface area contributed by atoms with E-state index < -0.39 is 0 Å². The van der Waals surface area contributed by atoms with Crippen LogP contribution >= 0.6 is 0 Å². The average Bonchev–Trinajstić information content (AvgIpc) is 2.94. The molecule has 1 atom stereocenters. The number of nitrogens with zero attached hydrogens (tertiary/aromatic N) is 2. The molecule has 1 heterocycles. The molecule has 1 unspecified atom stereocenters. The van der Waals surface area contributed by atoms with E-state index in [1.54, 1.807) is 7.11 Å². The molecule has 114 valence electrons. The summed E-state index contributed by atoms with van der Waals surface area (Å²) in [7, 11) is 1.66. The highest BCUT2D eigenvalue weighted by Crippen LogP contribution is 2.28. The number of rotatable bonds is 6. The summed E-state index contributed by atoms with van der Waals surface area (Å²) in [6.07, 6.45) is 1.57. The van der Waals surface area contributed by atoms with Gasteiger partial charge in [-0.25, -0.2) is 0 Å². The molecule has 0 saturated heterocycles. The number of phenolic OH excluding ortho intramolecular Hbond substituents is 1. The maximum absolute atomic E-state index is 9.80. The van der Waals surface area contributed by atoms with E-state index in [0.29, 0.717) is 24.1 Å². The van der Waals surface area contributed by atoms with Crippen LogP contribution in [0.5, 0.6) is 5.75 Å². The van der Waals surface area contributed by atoms with Crippen LogP contribution in [0.1, 0.15) is 35.9 Å². The van der Waals surface area contributed by atoms with E-state index in [2.05, 4.69) is 10.1 Å². The van der Waals surface area contributed by atoms with Crippen LogP contribution in [0, 0.1) is 13.8 Å². The predicted molar refractivity (Wildman–Crippen MR) is 78.9 cm³/mol. The quantitative estimate of drug-likeness (QED) is 0.794. The molecule has 1 aromatic heterocycles. The van der Waals surface area contributed by atoms with Crippen LogP contribution in [0.25, 0.3) is 11.4 Å². The zero-order valence-corrected chi connectivity index (χ0v) is 12.6. The Hall–Kier alpha value is -1.92. The Kier molecular flexibility index (Phi) is 4.93. The second-order valence-electron chi connectivity index (χ2n) is 5.16. The highest BCUT2D eigenvalue weighted by molar-refractivity contribution is 5.60. The molecule has 2 aromatic rings. The molecule has 6 nitrogen and oxygen atoms in total. The molecule has 0 aliphatic rings. The minimum Gasteiger partial charge on any atom is -0.507 e. The Labute approximate surface area is 123 Å². The molecule has 2 rings (SSSR count). The highest BCUT2D eigenvalue weighted by Gasteiger charge is 2.16. The van der Waals surface area contributed by atoms with Crippen molar-refractivity contribution in [3.8, 4) is 17.1 Å². The van der Waals surface area contributed by atoms with E-state index >= 15 is 0 Å². The molecular weight excluding hydrogens is 270 g/mol. The molecule has 0 fully saturated rings. The van der Waals surface area contributed by atoms with Gasteiger partial charge in [-0.15, -0.1) is 0 Å². The van der Waals surface area contributed by atoms with Crippen LogP contribution in [0.4, 0.5) is 0 Å². The molecule has 6 heteroatoms. The topological polar surface area (TPSA) is 94.4 Å². The van der Waals surface area contributed by atoms with Crippen molar-refractivity contribution >= 4 is 0 Å². The molecule has 0 radical (unpaired) electrons. The maximum atomic E-state index is 9.80. The number of nitrogens with two attached hydrogens (primary N) is 1. The predicted octanol–water partition coefficient (Wildman–Crippen LogP) is 2.49. The first-order valence-corrected chi connectivity index (χ1v) is 6.91. The molecule has 0 bridgehead atoms. The molecule has 0 aliphatic heterocycles. The van der Waals surface area contributed by atoms with E-state index in [-0.39, 0.29) is 6.04 Å². The number of ether oxygens (including phenoxy) is 1. The lowest BCUT2D eigenvalue weighted by atomic mass is 10.1. The average molecular weight is 291 g/mol. The van der Waals surface area contributed by atoms with Gasteiger partial charge in [0, 0.05) is 19.3 Å².